The van der Waals surface area contributed by atoms with E-state index >= 15 is 0 Å². The molecule has 2 saturated carbocycles. The van der Waals surface area contributed by atoms with Crippen molar-refractivity contribution in [2.45, 2.75) is 38.1 Å². The van der Waals surface area contributed by atoms with Crippen molar-refractivity contribution in [3.8, 4) is 16.3 Å². The minimum atomic E-state index is 0.116. The molecule has 0 atom stereocenters. The predicted octanol–water partition coefficient (Wildman–Crippen LogP) is 3.67. The van der Waals surface area contributed by atoms with E-state index in [9.17, 15) is 4.79 Å². The Labute approximate surface area is 146 Å². The quantitative estimate of drug-likeness (QED) is 0.835. The molecule has 4 nitrogen and oxygen atoms in total. The molecule has 1 amide bonds. The van der Waals surface area contributed by atoms with Gasteiger partial charge >= 0.3 is 0 Å². The van der Waals surface area contributed by atoms with Gasteiger partial charge in [-0.2, -0.15) is 0 Å². The molecule has 2 aromatic rings. The Morgan fingerprint density at radius 3 is 2.50 bits per heavy atom. The van der Waals surface area contributed by atoms with Gasteiger partial charge in [0.1, 0.15) is 10.8 Å². The van der Waals surface area contributed by atoms with Gasteiger partial charge in [0.2, 0.25) is 5.91 Å². The molecular formula is C19H22N2O2S. The first-order valence-corrected chi connectivity index (χ1v) is 9.49. The van der Waals surface area contributed by atoms with E-state index < -0.39 is 0 Å². The number of methoxy groups -OCH3 is 1. The van der Waals surface area contributed by atoms with Gasteiger partial charge in [0, 0.05) is 17.0 Å². The lowest BCUT2D eigenvalue weighted by molar-refractivity contribution is -0.121. The first kappa shape index (κ1) is 15.6. The number of ether oxygens (including phenoxy) is 1. The van der Waals surface area contributed by atoms with Crippen molar-refractivity contribution in [1.82, 2.24) is 10.3 Å². The van der Waals surface area contributed by atoms with Crippen LogP contribution in [0.3, 0.4) is 0 Å². The van der Waals surface area contributed by atoms with Crippen LogP contribution >= 0.6 is 11.3 Å². The average Bonchev–Trinajstić information content (AvgIpc) is 3.52. The van der Waals surface area contributed by atoms with E-state index in [4.69, 9.17) is 4.74 Å². The molecule has 1 heterocycles. The lowest BCUT2D eigenvalue weighted by Gasteiger charge is -2.17. The number of nitrogens with zero attached hydrogens (tertiary/aromatic N) is 1. The number of carbonyl (C=O) groups is 1. The van der Waals surface area contributed by atoms with Crippen molar-refractivity contribution in [3.63, 3.8) is 0 Å². The zero-order valence-electron chi connectivity index (χ0n) is 13.8. The van der Waals surface area contributed by atoms with Crippen LogP contribution in [0, 0.1) is 11.8 Å². The molecular weight excluding hydrogens is 320 g/mol. The van der Waals surface area contributed by atoms with E-state index in [-0.39, 0.29) is 5.91 Å². The second kappa shape index (κ2) is 6.55. The number of aromatic nitrogens is 1. The standard InChI is InChI=1S/C19H22N2O2S/c1-23-16-8-6-14(7-9-16)19-20-15(11-24-19)10-17(22)21-18(12-2-3-12)13-4-5-13/h6-9,11-13,18H,2-5,10H2,1H3,(H,21,22). The Morgan fingerprint density at radius 2 is 1.92 bits per heavy atom. The third-order valence-electron chi connectivity index (χ3n) is 4.82. The average molecular weight is 342 g/mol. The second-order valence-corrected chi connectivity index (χ2v) is 7.68. The molecule has 0 bridgehead atoms. The zero-order chi connectivity index (χ0) is 16.5. The second-order valence-electron chi connectivity index (χ2n) is 6.82. The maximum Gasteiger partial charge on any atom is 0.226 e. The van der Waals surface area contributed by atoms with E-state index in [1.165, 1.54) is 25.7 Å². The van der Waals surface area contributed by atoms with Gasteiger partial charge in [-0.05, 0) is 61.8 Å². The summed E-state index contributed by atoms with van der Waals surface area (Å²) < 4.78 is 5.18. The van der Waals surface area contributed by atoms with E-state index in [1.807, 2.05) is 29.6 Å². The topological polar surface area (TPSA) is 51.2 Å². The summed E-state index contributed by atoms with van der Waals surface area (Å²) in [6.07, 6.45) is 5.49. The highest BCUT2D eigenvalue weighted by Crippen LogP contribution is 2.44. The Bertz CT molecular complexity index is 705. The largest absolute Gasteiger partial charge is 0.497 e. The minimum Gasteiger partial charge on any atom is -0.497 e. The summed E-state index contributed by atoms with van der Waals surface area (Å²) in [6, 6.07) is 8.27. The van der Waals surface area contributed by atoms with Gasteiger partial charge in [-0.25, -0.2) is 4.98 Å². The molecule has 24 heavy (non-hydrogen) atoms. The highest BCUT2D eigenvalue weighted by Gasteiger charge is 2.42. The van der Waals surface area contributed by atoms with E-state index in [2.05, 4.69) is 10.3 Å². The maximum absolute atomic E-state index is 12.4. The van der Waals surface area contributed by atoms with Gasteiger partial charge in [0.15, 0.2) is 0 Å². The van der Waals surface area contributed by atoms with Crippen LogP contribution in [-0.4, -0.2) is 24.0 Å². The Morgan fingerprint density at radius 1 is 1.25 bits per heavy atom. The monoisotopic (exact) mass is 342 g/mol. The lowest BCUT2D eigenvalue weighted by atomic mass is 10.1. The number of nitrogens with one attached hydrogen (secondary N) is 1. The lowest BCUT2D eigenvalue weighted by Crippen LogP contribution is -2.39. The smallest absolute Gasteiger partial charge is 0.226 e. The fourth-order valence-corrected chi connectivity index (χ4v) is 4.01. The van der Waals surface area contributed by atoms with Crippen molar-refractivity contribution in [1.29, 1.82) is 0 Å². The van der Waals surface area contributed by atoms with Crippen LogP contribution in [-0.2, 0) is 11.2 Å². The third-order valence-corrected chi connectivity index (χ3v) is 5.76. The number of benzene rings is 1. The summed E-state index contributed by atoms with van der Waals surface area (Å²) >= 11 is 1.58. The molecule has 4 rings (SSSR count). The molecule has 2 aliphatic carbocycles. The summed E-state index contributed by atoms with van der Waals surface area (Å²) in [7, 11) is 1.66. The molecule has 1 N–H and O–H groups in total. The molecule has 2 fully saturated rings. The van der Waals surface area contributed by atoms with Gasteiger partial charge in [-0.1, -0.05) is 0 Å². The molecule has 1 aromatic heterocycles. The number of amides is 1. The van der Waals surface area contributed by atoms with Crippen LogP contribution < -0.4 is 10.1 Å². The minimum absolute atomic E-state index is 0.116. The van der Waals surface area contributed by atoms with Crippen molar-refractivity contribution in [2.24, 2.45) is 11.8 Å². The molecule has 0 saturated heterocycles. The molecule has 0 spiro atoms. The zero-order valence-corrected chi connectivity index (χ0v) is 14.6. The Balaban J connectivity index is 1.38. The molecule has 0 radical (unpaired) electrons. The van der Waals surface area contributed by atoms with E-state index in [0.29, 0.717) is 12.5 Å². The van der Waals surface area contributed by atoms with Crippen molar-refractivity contribution in [2.75, 3.05) is 7.11 Å². The van der Waals surface area contributed by atoms with Gasteiger partial charge < -0.3 is 10.1 Å². The predicted molar refractivity (Wildman–Crippen MR) is 95.2 cm³/mol. The van der Waals surface area contributed by atoms with Crippen LogP contribution in [0.5, 0.6) is 5.75 Å². The number of hydrogen-bond acceptors (Lipinski definition) is 4. The van der Waals surface area contributed by atoms with Crippen molar-refractivity contribution < 1.29 is 9.53 Å². The number of rotatable bonds is 7. The summed E-state index contributed by atoms with van der Waals surface area (Å²) in [5, 5.41) is 6.20. The maximum atomic E-state index is 12.4. The van der Waals surface area contributed by atoms with Gasteiger partial charge in [0.05, 0.1) is 19.2 Å². The fourth-order valence-electron chi connectivity index (χ4n) is 3.19. The first-order valence-electron chi connectivity index (χ1n) is 8.61. The summed E-state index contributed by atoms with van der Waals surface area (Å²) in [4.78, 5) is 17.0. The number of carbonyl (C=O) groups excluding carboxylic acids is 1. The van der Waals surface area contributed by atoms with Crippen molar-refractivity contribution >= 4 is 17.2 Å². The third kappa shape index (κ3) is 3.61. The number of hydrogen-bond donors (Lipinski definition) is 1. The summed E-state index contributed by atoms with van der Waals surface area (Å²) in [5.41, 5.74) is 1.91. The summed E-state index contributed by atoms with van der Waals surface area (Å²) in [6.45, 7) is 0. The van der Waals surface area contributed by atoms with E-state index in [1.54, 1.807) is 18.4 Å². The van der Waals surface area contributed by atoms with Crippen LogP contribution in [0.4, 0.5) is 0 Å². The van der Waals surface area contributed by atoms with E-state index in [0.717, 1.165) is 33.9 Å². The van der Waals surface area contributed by atoms with Crippen LogP contribution in [0.1, 0.15) is 31.4 Å². The normalized spacial score (nSPS) is 17.1. The highest BCUT2D eigenvalue weighted by molar-refractivity contribution is 7.13. The molecule has 126 valence electrons. The first-order chi connectivity index (χ1) is 11.7. The Kier molecular flexibility index (Phi) is 4.27. The molecule has 5 heteroatoms. The van der Waals surface area contributed by atoms with Gasteiger partial charge in [0.25, 0.3) is 0 Å². The summed E-state index contributed by atoms with van der Waals surface area (Å²) in [5.74, 6) is 2.41. The SMILES string of the molecule is COc1ccc(-c2nc(CC(=O)NC(C3CC3)C3CC3)cs2)cc1. The highest BCUT2D eigenvalue weighted by atomic mass is 32.1. The molecule has 1 aromatic carbocycles. The van der Waals surface area contributed by atoms with Gasteiger partial charge in [-0.3, -0.25) is 4.79 Å². The molecule has 0 aliphatic heterocycles. The van der Waals surface area contributed by atoms with Crippen LogP contribution in [0.15, 0.2) is 29.6 Å². The van der Waals surface area contributed by atoms with Crippen LogP contribution in [0.2, 0.25) is 0 Å². The van der Waals surface area contributed by atoms with Crippen molar-refractivity contribution in [3.05, 3.63) is 35.3 Å². The Hall–Kier alpha value is -1.88. The fraction of sp³-hybridized carbons (Fsp3) is 0.474. The molecule has 2 aliphatic rings. The van der Waals surface area contributed by atoms with Gasteiger partial charge in [-0.15, -0.1) is 11.3 Å². The molecule has 0 unspecified atom stereocenters. The van der Waals surface area contributed by atoms with Crippen LogP contribution in [0.25, 0.3) is 10.6 Å². The number of thiazole rings is 1.